The highest BCUT2D eigenvalue weighted by atomic mass is 16.5. The number of hydrogen-bond acceptors (Lipinski definition) is 4. The van der Waals surface area contributed by atoms with Crippen LogP contribution in [0.15, 0.2) is 42.5 Å². The molecule has 0 saturated heterocycles. The van der Waals surface area contributed by atoms with Crippen LogP contribution in [-0.2, 0) is 20.7 Å². The molecule has 1 saturated carbocycles. The van der Waals surface area contributed by atoms with E-state index in [-0.39, 0.29) is 17.6 Å². The van der Waals surface area contributed by atoms with Crippen LogP contribution >= 0.6 is 0 Å². The number of benzene rings is 2. The van der Waals surface area contributed by atoms with E-state index in [1.54, 1.807) is 6.92 Å². The number of ether oxygens (including phenoxy) is 1. The van der Waals surface area contributed by atoms with Crippen LogP contribution in [0.25, 0.3) is 10.8 Å². The molecule has 0 radical (unpaired) electrons. The van der Waals surface area contributed by atoms with E-state index in [2.05, 4.69) is 30.3 Å². The molecular formula is C20H23NO3. The lowest BCUT2D eigenvalue weighted by atomic mass is 9.76. The number of nitrogens with two attached hydrogens (primary N) is 1. The van der Waals surface area contributed by atoms with E-state index in [0.29, 0.717) is 19.3 Å². The SMILES string of the molecule is COC(=O)[C@@](C)(N)[C@@H]1CCC(=O)[C@@H]1Cc1ccc2ccccc2c1. The maximum atomic E-state index is 12.4. The van der Waals surface area contributed by atoms with Gasteiger partial charge in [0.25, 0.3) is 0 Å². The number of hydrogen-bond donors (Lipinski definition) is 1. The van der Waals surface area contributed by atoms with E-state index < -0.39 is 11.5 Å². The van der Waals surface area contributed by atoms with Gasteiger partial charge in [0.2, 0.25) is 0 Å². The summed E-state index contributed by atoms with van der Waals surface area (Å²) in [7, 11) is 1.34. The van der Waals surface area contributed by atoms with Gasteiger partial charge in [0, 0.05) is 12.3 Å². The van der Waals surface area contributed by atoms with Gasteiger partial charge in [-0.3, -0.25) is 9.59 Å². The van der Waals surface area contributed by atoms with Crippen LogP contribution in [0.4, 0.5) is 0 Å². The minimum absolute atomic E-state index is 0.189. The molecule has 3 rings (SSSR count). The van der Waals surface area contributed by atoms with Crippen molar-refractivity contribution in [2.75, 3.05) is 7.11 Å². The van der Waals surface area contributed by atoms with Crippen molar-refractivity contribution in [3.8, 4) is 0 Å². The molecular weight excluding hydrogens is 302 g/mol. The predicted molar refractivity (Wildman–Crippen MR) is 93.5 cm³/mol. The second kappa shape index (κ2) is 6.36. The average Bonchev–Trinajstić information content (AvgIpc) is 2.95. The largest absolute Gasteiger partial charge is 0.468 e. The fourth-order valence-electron chi connectivity index (χ4n) is 3.87. The molecule has 0 amide bonds. The molecule has 1 fully saturated rings. The zero-order valence-corrected chi connectivity index (χ0v) is 14.1. The number of ketones is 1. The molecule has 126 valence electrons. The van der Waals surface area contributed by atoms with E-state index in [1.807, 2.05) is 12.1 Å². The first kappa shape index (κ1) is 16.7. The Bertz CT molecular complexity index is 781. The summed E-state index contributed by atoms with van der Waals surface area (Å²) < 4.78 is 4.84. The Balaban J connectivity index is 1.87. The lowest BCUT2D eigenvalue weighted by molar-refractivity contribution is -0.149. The van der Waals surface area contributed by atoms with Gasteiger partial charge in [-0.1, -0.05) is 42.5 Å². The molecule has 0 heterocycles. The van der Waals surface area contributed by atoms with Crippen LogP contribution in [0.1, 0.15) is 25.3 Å². The Morgan fingerprint density at radius 3 is 2.67 bits per heavy atom. The van der Waals surface area contributed by atoms with Gasteiger partial charge in [0.15, 0.2) is 0 Å². The first-order chi connectivity index (χ1) is 11.4. The molecule has 1 aliphatic carbocycles. The van der Waals surface area contributed by atoms with E-state index in [4.69, 9.17) is 10.5 Å². The van der Waals surface area contributed by atoms with Gasteiger partial charge in [-0.25, -0.2) is 0 Å². The van der Waals surface area contributed by atoms with Gasteiger partial charge in [0.1, 0.15) is 11.3 Å². The molecule has 0 aromatic heterocycles. The van der Waals surface area contributed by atoms with Crippen LogP contribution in [0.3, 0.4) is 0 Å². The molecule has 24 heavy (non-hydrogen) atoms. The quantitative estimate of drug-likeness (QED) is 0.878. The molecule has 4 heteroatoms. The van der Waals surface area contributed by atoms with Gasteiger partial charge in [-0.15, -0.1) is 0 Å². The van der Waals surface area contributed by atoms with Gasteiger partial charge < -0.3 is 10.5 Å². The standard InChI is InChI=1S/C20H23NO3/c1-20(21,19(23)24-2)17-9-10-18(22)16(17)12-13-7-8-14-5-3-4-6-15(14)11-13/h3-8,11,16-17H,9-10,12,21H2,1-2H3/t16-,17-,20+/m1/s1. The summed E-state index contributed by atoms with van der Waals surface area (Å²) >= 11 is 0. The number of methoxy groups -OCH3 is 1. The van der Waals surface area contributed by atoms with Crippen molar-refractivity contribution in [3.05, 3.63) is 48.0 Å². The van der Waals surface area contributed by atoms with Crippen molar-refractivity contribution in [2.24, 2.45) is 17.6 Å². The monoisotopic (exact) mass is 325 g/mol. The van der Waals surface area contributed by atoms with Crippen molar-refractivity contribution < 1.29 is 14.3 Å². The highest BCUT2D eigenvalue weighted by Crippen LogP contribution is 2.38. The number of carbonyl (C=O) groups is 2. The summed E-state index contributed by atoms with van der Waals surface area (Å²) in [6.07, 6.45) is 1.73. The lowest BCUT2D eigenvalue weighted by Gasteiger charge is -2.32. The third-order valence-electron chi connectivity index (χ3n) is 5.27. The number of rotatable bonds is 4. The van der Waals surface area contributed by atoms with E-state index in [9.17, 15) is 9.59 Å². The topological polar surface area (TPSA) is 69.4 Å². The second-order valence-electron chi connectivity index (χ2n) is 6.88. The molecule has 2 N–H and O–H groups in total. The third kappa shape index (κ3) is 2.94. The van der Waals surface area contributed by atoms with E-state index in [0.717, 1.165) is 10.9 Å². The molecule has 0 spiro atoms. The number of Topliss-reactive ketones (excluding diaryl/α,β-unsaturated/α-hetero) is 1. The van der Waals surface area contributed by atoms with E-state index >= 15 is 0 Å². The van der Waals surface area contributed by atoms with Gasteiger partial charge >= 0.3 is 5.97 Å². The Morgan fingerprint density at radius 2 is 1.96 bits per heavy atom. The smallest absolute Gasteiger partial charge is 0.325 e. The van der Waals surface area contributed by atoms with Crippen molar-refractivity contribution in [1.82, 2.24) is 0 Å². The van der Waals surface area contributed by atoms with Crippen molar-refractivity contribution in [1.29, 1.82) is 0 Å². The summed E-state index contributed by atoms with van der Waals surface area (Å²) in [6.45, 7) is 1.68. The number of fused-ring (bicyclic) bond motifs is 1. The van der Waals surface area contributed by atoms with Gasteiger partial charge in [0.05, 0.1) is 7.11 Å². The number of carbonyl (C=O) groups excluding carboxylic acids is 2. The summed E-state index contributed by atoms with van der Waals surface area (Å²) in [5.74, 6) is -0.691. The minimum Gasteiger partial charge on any atom is -0.468 e. The predicted octanol–water partition coefficient (Wildman–Crippen LogP) is 2.87. The molecule has 4 nitrogen and oxygen atoms in total. The summed E-state index contributed by atoms with van der Waals surface area (Å²) in [6, 6.07) is 14.4. The molecule has 3 atom stereocenters. The minimum atomic E-state index is -1.14. The summed E-state index contributed by atoms with van der Waals surface area (Å²) in [4.78, 5) is 24.4. The Hall–Kier alpha value is -2.20. The Morgan fingerprint density at radius 1 is 1.25 bits per heavy atom. The fourth-order valence-corrected chi connectivity index (χ4v) is 3.87. The average molecular weight is 325 g/mol. The molecule has 0 aliphatic heterocycles. The van der Waals surface area contributed by atoms with Gasteiger partial charge in [-0.2, -0.15) is 0 Å². The van der Waals surface area contributed by atoms with Crippen LogP contribution < -0.4 is 5.73 Å². The highest BCUT2D eigenvalue weighted by Gasteiger charge is 2.48. The maximum absolute atomic E-state index is 12.4. The van der Waals surface area contributed by atoms with Crippen LogP contribution in [-0.4, -0.2) is 24.4 Å². The van der Waals surface area contributed by atoms with Gasteiger partial charge in [-0.05, 0) is 42.0 Å². The molecule has 2 aromatic rings. The van der Waals surface area contributed by atoms with Crippen LogP contribution in [0.2, 0.25) is 0 Å². The first-order valence-electron chi connectivity index (χ1n) is 8.31. The Kier molecular flexibility index (Phi) is 4.41. The van der Waals surface area contributed by atoms with Crippen LogP contribution in [0.5, 0.6) is 0 Å². The summed E-state index contributed by atoms with van der Waals surface area (Å²) in [5.41, 5.74) is 6.21. The number of esters is 1. The van der Waals surface area contributed by atoms with Crippen LogP contribution in [0, 0.1) is 11.8 Å². The maximum Gasteiger partial charge on any atom is 0.325 e. The normalized spacial score (nSPS) is 23.2. The zero-order valence-electron chi connectivity index (χ0n) is 14.1. The van der Waals surface area contributed by atoms with Crippen molar-refractivity contribution in [3.63, 3.8) is 0 Å². The fraction of sp³-hybridized carbons (Fsp3) is 0.400. The molecule has 1 aliphatic rings. The Labute approximate surface area is 142 Å². The van der Waals surface area contributed by atoms with Crippen molar-refractivity contribution in [2.45, 2.75) is 31.7 Å². The molecule has 0 unspecified atom stereocenters. The zero-order chi connectivity index (χ0) is 17.3. The molecule has 0 bridgehead atoms. The van der Waals surface area contributed by atoms with E-state index in [1.165, 1.54) is 12.5 Å². The molecule has 2 aromatic carbocycles. The van der Waals surface area contributed by atoms with Crippen molar-refractivity contribution >= 4 is 22.5 Å². The third-order valence-corrected chi connectivity index (χ3v) is 5.27. The first-order valence-corrected chi connectivity index (χ1v) is 8.31. The second-order valence-corrected chi connectivity index (χ2v) is 6.88. The lowest BCUT2D eigenvalue weighted by Crippen LogP contribution is -2.54. The highest BCUT2D eigenvalue weighted by molar-refractivity contribution is 5.88. The summed E-state index contributed by atoms with van der Waals surface area (Å²) in [5, 5.41) is 2.33.